The Labute approximate surface area is 850 Å². The highest BCUT2D eigenvalue weighted by atomic mass is 32.2. The minimum Gasteiger partial charge on any atom is -0.508 e. The fraction of sp³-hybridized carbons (Fsp3) is 0.531. The van der Waals surface area contributed by atoms with Gasteiger partial charge in [0.1, 0.15) is 54.1 Å². The van der Waals surface area contributed by atoms with E-state index in [9.17, 15) is 111 Å². The van der Waals surface area contributed by atoms with Crippen LogP contribution in [-0.4, -0.2) is 279 Å². The van der Waals surface area contributed by atoms with Gasteiger partial charge in [-0.15, -0.1) is 0 Å². The Bertz CT molecular complexity index is 5070. The molecule has 2 heterocycles. The van der Waals surface area contributed by atoms with Crippen molar-refractivity contribution in [2.45, 2.75) is 243 Å². The lowest BCUT2D eigenvalue weighted by Crippen LogP contribution is -2.61. The molecule has 18 amide bonds. The van der Waals surface area contributed by atoms with Gasteiger partial charge in [-0.2, -0.15) is 23.5 Å². The van der Waals surface area contributed by atoms with Gasteiger partial charge in [-0.25, -0.2) is 21.7 Å². The molecule has 4 aromatic rings. The molecule has 4 aromatic carbocycles. The average Bonchev–Trinajstić information content (AvgIpc) is 0.841. The zero-order chi connectivity index (χ0) is 108. The summed E-state index contributed by atoms with van der Waals surface area (Å²) in [4.78, 5) is 298. The van der Waals surface area contributed by atoms with Gasteiger partial charge in [0.05, 0.1) is 63.2 Å². The van der Waals surface area contributed by atoms with E-state index in [0.29, 0.717) is 24.0 Å². The maximum absolute atomic E-state index is 14.8. The fourth-order valence-electron chi connectivity index (χ4n) is 15.2. The summed E-state index contributed by atoms with van der Waals surface area (Å²) < 4.78 is 0. The minimum absolute atomic E-state index is 0.0220. The van der Waals surface area contributed by atoms with Gasteiger partial charge >= 0.3 is 0 Å². The lowest BCUT2D eigenvalue weighted by molar-refractivity contribution is -0.142. The van der Waals surface area contributed by atoms with Crippen LogP contribution in [0.5, 0.6) is 5.75 Å². The van der Waals surface area contributed by atoms with Gasteiger partial charge in [0.2, 0.25) is 129 Å². The number of benzene rings is 4. The van der Waals surface area contributed by atoms with E-state index in [4.69, 9.17) is 34.4 Å². The molecule has 2 fully saturated rings. The lowest BCUT2D eigenvalue weighted by atomic mass is 9.94. The highest BCUT2D eigenvalue weighted by Gasteiger charge is 2.42. The number of ketones is 4. The van der Waals surface area contributed by atoms with Crippen LogP contribution in [0.1, 0.15) is 168 Å². The Hall–Kier alpha value is -13.6. The number of rotatable bonds is 42. The van der Waals surface area contributed by atoms with Gasteiger partial charge in [0.25, 0.3) is 0 Å². The molecule has 2 aliphatic rings. The number of carbonyl (C=O) groups excluding carboxylic acids is 22. The average molecular weight is 2060 g/mol. The van der Waals surface area contributed by atoms with Crippen LogP contribution >= 0.6 is 23.5 Å². The van der Waals surface area contributed by atoms with E-state index >= 15 is 0 Å². The lowest BCUT2D eigenvalue weighted by Gasteiger charge is -2.30. The second-order valence-corrected chi connectivity index (χ2v) is 38.8. The fourth-order valence-corrected chi connectivity index (χ4v) is 17.1. The first-order valence-electron chi connectivity index (χ1n) is 48.2. The van der Waals surface area contributed by atoms with Crippen LogP contribution < -0.4 is 109 Å². The van der Waals surface area contributed by atoms with Gasteiger partial charge < -0.3 is 102 Å². The third kappa shape index (κ3) is 45.9. The number of primary amides is 6. The molecular weight excluding hydrogens is 1920 g/mol. The number of aromatic hydroxyl groups is 1. The number of phenolic OH excluding ortho intramolecular Hbond substituents is 1. The molecule has 0 unspecified atom stereocenters. The van der Waals surface area contributed by atoms with Crippen molar-refractivity contribution in [1.82, 2.24) is 84.7 Å². The molecular formula is C98H142N22O23S2. The summed E-state index contributed by atoms with van der Waals surface area (Å²) in [5.74, 6) is -19.6. The van der Waals surface area contributed by atoms with Crippen molar-refractivity contribution in [2.75, 3.05) is 62.3 Å². The number of Topliss-reactive ketones (excluding diaryl/α,β-unsaturated/α-hetero) is 4. The van der Waals surface area contributed by atoms with E-state index in [1.165, 1.54) is 45.5 Å². The number of amides is 18. The zero-order valence-electron chi connectivity index (χ0n) is 83.1. The number of carbonyl (C=O) groups is 22. The molecule has 0 aliphatic carbocycles. The molecule has 0 bridgehead atoms. The number of hydrogen-bond donors (Lipinski definition) is 21. The number of hydrazine groups is 2. The van der Waals surface area contributed by atoms with Crippen LogP contribution in [0.15, 0.2) is 115 Å². The molecule has 0 spiro atoms. The standard InChI is InChI=1S/C49H71N11O12S.C49H71N11O11S/c1-5-29(4)43-48(71)56-33(17-18-38(50)62)44(67)45(68)34(24-39(51)63)58-59-37(27-73-21-9-12-41(65)54-36(47(70)57-43)23-31-13-15-32(61)16-14-31)49(72)60(20-19-30-10-7-6-8-11-30)26-42(66)55-35(22-28(2)3)46(69)53-25-40(52)64;1-5-30(4)43-48(70)56-33(16-17-38(50)61)44(66)45(67)35(26-39(51)62)59-58-34(19-22-72-23-20-41(64)54-37(47(69)57-43)25-32-14-10-7-11-15-32)49(71)60(21-18-31-12-8-6-9-13-31)28-42(65)55-36(24-29(2)3)46(68)53-27-40(52)63/h6-8,10-11,13-16,28-29,33-37,43,58-59,61H,5,9,12,17-27H2,1-4H3,(H2,50,62)(H2,51,63)(H2,52,64)(H,53,69)(H,54,65)(H,55,66)(H,56,71)(H,57,70);6-15,29-30,33-37,43,58-59H,5,16-28H2,1-4H3,(H2,50,61)(H2,51,62)(H2,52,63)(H,53,68)(H,54,64)(H,55,65)(H,56,70)(H,57,69)/t29-,33-,34-,35-,36-,37-,43-;30-,33-,34-,35-,36-,37-,43-/m00/s1. The van der Waals surface area contributed by atoms with Crippen LogP contribution in [0.4, 0.5) is 0 Å². The van der Waals surface area contributed by atoms with Crippen molar-refractivity contribution >= 4 is 153 Å². The normalized spacial score (nSPS) is 20.6. The summed E-state index contributed by atoms with van der Waals surface area (Å²) in [5.41, 5.74) is 46.1. The van der Waals surface area contributed by atoms with E-state index in [-0.39, 0.29) is 118 Å². The highest BCUT2D eigenvalue weighted by molar-refractivity contribution is 7.99. The molecule has 14 atom stereocenters. The molecule has 0 radical (unpaired) electrons. The number of hydrogen-bond acceptors (Lipinski definition) is 29. The maximum Gasteiger partial charge on any atom is 0.243 e. The molecule has 0 aromatic heterocycles. The van der Waals surface area contributed by atoms with Crippen LogP contribution in [0, 0.1) is 23.7 Å². The number of nitrogens with one attached hydrogen (secondary N) is 14. The SMILES string of the molecule is CC[C@H](C)[C@@H]1NC(=O)[C@H](Cc2ccc(O)cc2)NC(=O)CCCSC[C@@H](C(=O)N(CCc2ccccc2)CC(=O)N[C@@H](CC(C)C)C(=O)NCC(N)=O)NN[C@@H](CC(N)=O)C(=O)C(=O)[C@H](CCC(N)=O)NC1=O.CC[C@H](C)[C@@H]1NC(=O)[C@H](Cc2ccccc2)NC(=O)CCSCC[C@@H](C(=O)N(CCc2ccccc2)CC(=O)N[C@@H](CC(C)C)C(=O)NCC(N)=O)NN[C@@H](CC(N)=O)C(=O)C(=O)[C@H](CCC(N)=O)NC1=O. The zero-order valence-corrected chi connectivity index (χ0v) is 84.7. The van der Waals surface area contributed by atoms with Crippen molar-refractivity contribution < 1.29 is 111 Å². The molecule has 794 valence electrons. The number of thioether (sulfide) groups is 2. The first-order valence-corrected chi connectivity index (χ1v) is 50.5. The molecule has 47 heteroatoms. The third-order valence-corrected chi connectivity index (χ3v) is 25.6. The highest BCUT2D eigenvalue weighted by Crippen LogP contribution is 2.21. The van der Waals surface area contributed by atoms with Crippen molar-refractivity contribution in [3.8, 4) is 5.75 Å². The maximum atomic E-state index is 14.8. The minimum atomic E-state index is -1.75. The molecule has 145 heavy (non-hydrogen) atoms. The number of phenols is 1. The monoisotopic (exact) mass is 2060 g/mol. The predicted molar refractivity (Wildman–Crippen MR) is 538 cm³/mol. The number of nitrogens with two attached hydrogens (primary N) is 6. The first-order chi connectivity index (χ1) is 68.7. The third-order valence-electron chi connectivity index (χ3n) is 23.5. The summed E-state index contributed by atoms with van der Waals surface area (Å²) in [6, 6.07) is 16.2. The Morgan fingerprint density at radius 1 is 0.407 bits per heavy atom. The van der Waals surface area contributed by atoms with Crippen LogP contribution in [0.25, 0.3) is 0 Å². The van der Waals surface area contributed by atoms with Crippen LogP contribution in [-0.2, 0) is 131 Å². The summed E-state index contributed by atoms with van der Waals surface area (Å²) >= 11 is 2.48. The first kappa shape index (κ1) is 122. The predicted octanol–water partition coefficient (Wildman–Crippen LogP) is -3.15. The molecule has 0 saturated carbocycles. The summed E-state index contributed by atoms with van der Waals surface area (Å²) in [7, 11) is 0. The van der Waals surface area contributed by atoms with E-state index in [1.807, 2.05) is 58.0 Å². The van der Waals surface area contributed by atoms with Crippen molar-refractivity contribution in [3.63, 3.8) is 0 Å². The summed E-state index contributed by atoms with van der Waals surface area (Å²) in [6.45, 7) is 12.0. The van der Waals surface area contributed by atoms with Gasteiger partial charge in [-0.3, -0.25) is 105 Å². The second kappa shape index (κ2) is 64.2. The molecule has 6 rings (SSSR count). The Kier molecular flexibility index (Phi) is 53.9. The van der Waals surface area contributed by atoms with Crippen LogP contribution in [0.3, 0.4) is 0 Å². The van der Waals surface area contributed by atoms with Gasteiger partial charge in [-0.1, -0.05) is 171 Å². The smallest absolute Gasteiger partial charge is 0.243 e. The molecule has 2 saturated heterocycles. The van der Waals surface area contributed by atoms with E-state index in [2.05, 4.69) is 74.9 Å². The van der Waals surface area contributed by atoms with Crippen molar-refractivity contribution in [1.29, 1.82) is 0 Å². The largest absolute Gasteiger partial charge is 0.508 e. The quantitative estimate of drug-likeness (QED) is 0.0195. The van der Waals surface area contributed by atoms with Gasteiger partial charge in [-0.05, 0) is 121 Å². The van der Waals surface area contributed by atoms with Crippen LogP contribution in [0.2, 0.25) is 0 Å². The van der Waals surface area contributed by atoms with Gasteiger partial charge in [0.15, 0.2) is 0 Å². The van der Waals surface area contributed by atoms with E-state index in [0.717, 1.165) is 11.1 Å². The summed E-state index contributed by atoms with van der Waals surface area (Å²) in [6.07, 6.45) is -1.78. The second-order valence-electron chi connectivity index (χ2n) is 36.4. The van der Waals surface area contributed by atoms with Crippen molar-refractivity contribution in [2.24, 2.45) is 58.1 Å². The van der Waals surface area contributed by atoms with Crippen molar-refractivity contribution in [3.05, 3.63) is 138 Å². The Morgan fingerprint density at radius 2 is 0.786 bits per heavy atom. The summed E-state index contributed by atoms with van der Waals surface area (Å²) in [5, 5.41) is 35.9. The van der Waals surface area contributed by atoms with E-state index < -0.39 is 279 Å². The molecule has 27 N–H and O–H groups in total. The topological polar surface area (TPSA) is 727 Å². The Balaban J connectivity index is 0.000000510. The molecule has 45 nitrogen and oxygen atoms in total. The molecule has 2 aliphatic heterocycles. The Morgan fingerprint density at radius 3 is 1.17 bits per heavy atom. The van der Waals surface area contributed by atoms with Gasteiger partial charge in [0, 0.05) is 63.1 Å². The number of nitrogens with zero attached hydrogens (tertiary/aromatic N) is 2. The van der Waals surface area contributed by atoms with E-state index in [1.54, 1.807) is 100 Å².